The lowest BCUT2D eigenvalue weighted by Crippen LogP contribution is -2.42. The summed E-state index contributed by atoms with van der Waals surface area (Å²) < 4.78 is 2.83. The van der Waals surface area contributed by atoms with Crippen LogP contribution in [0.1, 0.15) is 25.7 Å². The molecule has 0 unspecified atom stereocenters. The average Bonchev–Trinajstić information content (AvgIpc) is 3.27. The molecular weight excluding hydrogens is 242 g/mol. The minimum absolute atomic E-state index is 0.429. The zero-order valence-corrected chi connectivity index (χ0v) is 11.3. The van der Waals surface area contributed by atoms with Crippen LogP contribution in [0.2, 0.25) is 0 Å². The van der Waals surface area contributed by atoms with E-state index in [1.807, 2.05) is 0 Å². The number of hydrogen-bond donors (Lipinski definition) is 1. The third-order valence-electron chi connectivity index (χ3n) is 4.23. The van der Waals surface area contributed by atoms with Crippen molar-refractivity contribution in [2.45, 2.75) is 38.3 Å². The maximum Gasteiger partial charge on any atom is 0.316 e. The van der Waals surface area contributed by atoms with Gasteiger partial charge in [-0.1, -0.05) is 0 Å². The third kappa shape index (κ3) is 2.81. The van der Waals surface area contributed by atoms with E-state index < -0.39 is 11.1 Å². The van der Waals surface area contributed by atoms with E-state index in [1.54, 1.807) is 19.4 Å². The highest BCUT2D eigenvalue weighted by Gasteiger charge is 2.40. The Morgan fingerprint density at radius 3 is 2.37 bits per heavy atom. The molecule has 5 heteroatoms. The number of aryl methyl sites for hydroxylation is 1. The third-order valence-corrected chi connectivity index (χ3v) is 4.23. The molecular formula is C14H21N3O2. The Balaban J connectivity index is 1.58. The molecule has 0 amide bonds. The Morgan fingerprint density at radius 2 is 1.79 bits per heavy atom. The van der Waals surface area contributed by atoms with Crippen molar-refractivity contribution in [2.75, 3.05) is 6.54 Å². The van der Waals surface area contributed by atoms with Crippen molar-refractivity contribution in [2.24, 2.45) is 18.9 Å². The number of nitrogens with zero attached hydrogens (tertiary/aromatic N) is 2. The zero-order chi connectivity index (χ0) is 13.4. The van der Waals surface area contributed by atoms with E-state index in [0.29, 0.717) is 12.6 Å². The summed E-state index contributed by atoms with van der Waals surface area (Å²) in [6.07, 6.45) is 8.72. The summed E-state index contributed by atoms with van der Waals surface area (Å²) in [6.45, 7) is 1.34. The molecule has 1 aromatic heterocycles. The second-order valence-corrected chi connectivity index (χ2v) is 5.87. The van der Waals surface area contributed by atoms with Crippen molar-refractivity contribution < 1.29 is 0 Å². The van der Waals surface area contributed by atoms with Gasteiger partial charge in [0.15, 0.2) is 0 Å². The van der Waals surface area contributed by atoms with Crippen LogP contribution in [-0.2, 0) is 13.6 Å². The summed E-state index contributed by atoms with van der Waals surface area (Å²) >= 11 is 0. The molecule has 104 valence electrons. The van der Waals surface area contributed by atoms with E-state index in [0.717, 1.165) is 18.4 Å². The van der Waals surface area contributed by atoms with Gasteiger partial charge < -0.3 is 14.5 Å². The van der Waals surface area contributed by atoms with Gasteiger partial charge in [-0.15, -0.1) is 0 Å². The van der Waals surface area contributed by atoms with Crippen molar-refractivity contribution in [3.8, 4) is 0 Å². The number of hydrogen-bond acceptors (Lipinski definition) is 3. The van der Waals surface area contributed by atoms with Crippen LogP contribution in [0, 0.1) is 11.8 Å². The van der Waals surface area contributed by atoms with Crippen LogP contribution in [0.4, 0.5) is 0 Å². The van der Waals surface area contributed by atoms with Crippen LogP contribution in [0.5, 0.6) is 0 Å². The van der Waals surface area contributed by atoms with Crippen LogP contribution in [0.15, 0.2) is 22.0 Å². The van der Waals surface area contributed by atoms with Gasteiger partial charge in [0.2, 0.25) is 0 Å². The van der Waals surface area contributed by atoms with Crippen LogP contribution in [0.25, 0.3) is 0 Å². The molecule has 0 aliphatic heterocycles. The molecule has 3 rings (SSSR count). The van der Waals surface area contributed by atoms with E-state index in [4.69, 9.17) is 0 Å². The first-order valence-electron chi connectivity index (χ1n) is 7.16. The molecule has 1 aromatic rings. The summed E-state index contributed by atoms with van der Waals surface area (Å²) in [5, 5.41) is 3.58. The first-order chi connectivity index (χ1) is 9.16. The highest BCUT2D eigenvalue weighted by Crippen LogP contribution is 2.44. The maximum absolute atomic E-state index is 11.8. The van der Waals surface area contributed by atoms with E-state index >= 15 is 0 Å². The first kappa shape index (κ1) is 12.7. The molecule has 2 aliphatic rings. The minimum Gasteiger partial charge on any atom is -0.312 e. The molecule has 0 bridgehead atoms. The van der Waals surface area contributed by atoms with Gasteiger partial charge in [-0.05, 0) is 37.5 Å². The Hall–Kier alpha value is -1.36. The van der Waals surface area contributed by atoms with Crippen LogP contribution in [0.3, 0.4) is 0 Å². The predicted octanol–water partition coefficient (Wildman–Crippen LogP) is 0.325. The van der Waals surface area contributed by atoms with Gasteiger partial charge in [0, 0.05) is 38.6 Å². The fraction of sp³-hybridized carbons (Fsp3) is 0.714. The summed E-state index contributed by atoms with van der Waals surface area (Å²) in [5.74, 6) is 1.71. The fourth-order valence-corrected chi connectivity index (χ4v) is 2.75. The molecule has 0 aromatic carbocycles. The van der Waals surface area contributed by atoms with Crippen molar-refractivity contribution in [3.63, 3.8) is 0 Å². The van der Waals surface area contributed by atoms with Gasteiger partial charge in [0.25, 0.3) is 0 Å². The second kappa shape index (κ2) is 4.96. The maximum atomic E-state index is 11.8. The zero-order valence-electron chi connectivity index (χ0n) is 11.3. The van der Waals surface area contributed by atoms with Gasteiger partial charge >= 0.3 is 11.1 Å². The molecule has 2 saturated carbocycles. The van der Waals surface area contributed by atoms with Gasteiger partial charge in [-0.3, -0.25) is 9.59 Å². The first-order valence-corrected chi connectivity index (χ1v) is 7.16. The van der Waals surface area contributed by atoms with Crippen molar-refractivity contribution in [1.29, 1.82) is 0 Å². The highest BCUT2D eigenvalue weighted by molar-refractivity contribution is 4.96. The van der Waals surface area contributed by atoms with E-state index in [9.17, 15) is 9.59 Å². The quantitative estimate of drug-likeness (QED) is 0.752. The number of rotatable bonds is 6. The SMILES string of the molecule is Cn1ccn(CCNC(C2CC2)C2CC2)c(=O)c1=O. The normalized spacial score (nSPS) is 19.1. The van der Waals surface area contributed by atoms with E-state index in [2.05, 4.69) is 5.32 Å². The van der Waals surface area contributed by atoms with Gasteiger partial charge in [0.05, 0.1) is 0 Å². The lowest BCUT2D eigenvalue weighted by atomic mass is 10.1. The highest BCUT2D eigenvalue weighted by atomic mass is 16.2. The molecule has 5 nitrogen and oxygen atoms in total. The number of nitrogens with one attached hydrogen (secondary N) is 1. The molecule has 2 fully saturated rings. The van der Waals surface area contributed by atoms with Crippen LogP contribution < -0.4 is 16.4 Å². The Morgan fingerprint density at radius 1 is 1.16 bits per heavy atom. The topological polar surface area (TPSA) is 56.0 Å². The molecule has 2 aliphatic carbocycles. The molecule has 0 saturated heterocycles. The number of aromatic nitrogens is 2. The predicted molar refractivity (Wildman–Crippen MR) is 73.2 cm³/mol. The lowest BCUT2D eigenvalue weighted by molar-refractivity contribution is 0.404. The molecule has 1 heterocycles. The van der Waals surface area contributed by atoms with Gasteiger partial charge in [0.1, 0.15) is 0 Å². The smallest absolute Gasteiger partial charge is 0.312 e. The van der Waals surface area contributed by atoms with Crippen molar-refractivity contribution in [1.82, 2.24) is 14.5 Å². The summed E-state index contributed by atoms with van der Waals surface area (Å²) in [6, 6.07) is 0.641. The second-order valence-electron chi connectivity index (χ2n) is 5.87. The lowest BCUT2D eigenvalue weighted by Gasteiger charge is -2.17. The molecule has 1 N–H and O–H groups in total. The van der Waals surface area contributed by atoms with Crippen LogP contribution in [-0.4, -0.2) is 21.7 Å². The average molecular weight is 263 g/mol. The minimum atomic E-state index is -0.455. The van der Waals surface area contributed by atoms with Crippen LogP contribution >= 0.6 is 0 Å². The van der Waals surface area contributed by atoms with Gasteiger partial charge in [-0.25, -0.2) is 0 Å². The van der Waals surface area contributed by atoms with Crippen molar-refractivity contribution in [3.05, 3.63) is 33.1 Å². The molecule has 0 spiro atoms. The monoisotopic (exact) mass is 263 g/mol. The molecule has 0 radical (unpaired) electrons. The van der Waals surface area contributed by atoms with Gasteiger partial charge in [-0.2, -0.15) is 0 Å². The Kier molecular flexibility index (Phi) is 3.31. The largest absolute Gasteiger partial charge is 0.316 e. The van der Waals surface area contributed by atoms with E-state index in [-0.39, 0.29) is 0 Å². The summed E-state index contributed by atoms with van der Waals surface area (Å²) in [7, 11) is 1.60. The van der Waals surface area contributed by atoms with E-state index in [1.165, 1.54) is 34.8 Å². The summed E-state index contributed by atoms with van der Waals surface area (Å²) in [5.41, 5.74) is -0.885. The Bertz CT molecular complexity index is 555. The molecule has 0 atom stereocenters. The van der Waals surface area contributed by atoms with Crippen molar-refractivity contribution >= 4 is 0 Å². The fourth-order valence-electron chi connectivity index (χ4n) is 2.75. The standard InChI is InChI=1S/C14H21N3O2/c1-16-8-9-17(14(19)13(16)18)7-6-15-12(10-2-3-10)11-4-5-11/h8-12,15H,2-7H2,1H3. The summed E-state index contributed by atoms with van der Waals surface area (Å²) in [4.78, 5) is 23.3. The Labute approximate surface area is 112 Å². The molecule has 19 heavy (non-hydrogen) atoms.